The molecule has 0 heterocycles. The average Bonchev–Trinajstić information content (AvgIpc) is 3.39. The number of aliphatic carboxylic acids is 1. The number of carbonyl (C=O) groups is 2. The van der Waals surface area contributed by atoms with Crippen LogP contribution in [-0.2, 0) is 20.9 Å². The van der Waals surface area contributed by atoms with Crippen LogP contribution in [0.3, 0.4) is 0 Å². The monoisotopic (exact) mass is 335 g/mol. The van der Waals surface area contributed by atoms with Gasteiger partial charge in [-0.2, -0.15) is 0 Å². The van der Waals surface area contributed by atoms with Gasteiger partial charge < -0.3 is 19.9 Å². The zero-order valence-corrected chi connectivity index (χ0v) is 14.0. The lowest BCUT2D eigenvalue weighted by atomic mass is 10.2. The van der Waals surface area contributed by atoms with E-state index < -0.39 is 12.1 Å². The number of carbonyl (C=O) groups excluding carboxylic acids is 1. The van der Waals surface area contributed by atoms with E-state index >= 15 is 0 Å². The smallest absolute Gasteiger partial charge is 0.303 e. The third-order valence-corrected chi connectivity index (χ3v) is 3.84. The molecule has 132 valence electrons. The van der Waals surface area contributed by atoms with Crippen LogP contribution in [0.4, 0.5) is 0 Å². The van der Waals surface area contributed by atoms with Gasteiger partial charge in [-0.15, -0.1) is 0 Å². The zero-order valence-electron chi connectivity index (χ0n) is 14.0. The van der Waals surface area contributed by atoms with Crippen LogP contribution in [0, 0.1) is 5.92 Å². The second-order valence-electron chi connectivity index (χ2n) is 6.13. The summed E-state index contributed by atoms with van der Waals surface area (Å²) in [6.45, 7) is 3.25. The van der Waals surface area contributed by atoms with E-state index in [0.29, 0.717) is 37.8 Å². The molecule has 0 bridgehead atoms. The summed E-state index contributed by atoms with van der Waals surface area (Å²) < 4.78 is 11.0. The van der Waals surface area contributed by atoms with E-state index in [1.165, 1.54) is 12.8 Å². The number of carboxylic acids is 1. The Bertz CT molecular complexity index is 539. The Labute approximate surface area is 142 Å². The molecule has 1 saturated carbocycles. The number of rotatable bonds is 11. The van der Waals surface area contributed by atoms with Crippen LogP contribution < -0.4 is 10.1 Å². The van der Waals surface area contributed by atoms with E-state index in [-0.39, 0.29) is 12.3 Å². The highest BCUT2D eigenvalue weighted by atomic mass is 16.5. The molecule has 24 heavy (non-hydrogen) atoms. The number of benzene rings is 1. The van der Waals surface area contributed by atoms with Gasteiger partial charge in [0.1, 0.15) is 11.9 Å². The van der Waals surface area contributed by atoms with Gasteiger partial charge in [0.25, 0.3) is 0 Å². The van der Waals surface area contributed by atoms with Gasteiger partial charge in [0, 0.05) is 13.0 Å². The molecule has 1 aromatic rings. The minimum atomic E-state index is -0.819. The van der Waals surface area contributed by atoms with Gasteiger partial charge >= 0.3 is 5.97 Å². The van der Waals surface area contributed by atoms with Crippen molar-refractivity contribution in [3.63, 3.8) is 0 Å². The summed E-state index contributed by atoms with van der Waals surface area (Å²) in [6, 6.07) is 7.38. The van der Waals surface area contributed by atoms with Gasteiger partial charge in [0.2, 0.25) is 5.91 Å². The van der Waals surface area contributed by atoms with E-state index in [1.54, 1.807) is 6.92 Å². The molecule has 1 atom stereocenters. The van der Waals surface area contributed by atoms with Gasteiger partial charge in [-0.25, -0.2) is 0 Å². The highest BCUT2D eigenvalue weighted by Gasteiger charge is 2.23. The zero-order chi connectivity index (χ0) is 17.4. The maximum absolute atomic E-state index is 11.9. The normalized spacial score (nSPS) is 14.9. The summed E-state index contributed by atoms with van der Waals surface area (Å²) in [7, 11) is 0. The molecule has 1 amide bonds. The lowest BCUT2D eigenvalue weighted by Gasteiger charge is -2.13. The van der Waals surface area contributed by atoms with Gasteiger partial charge in [0.05, 0.1) is 13.2 Å². The maximum Gasteiger partial charge on any atom is 0.303 e. The Morgan fingerprint density at radius 2 is 2.00 bits per heavy atom. The standard InChI is InChI=1S/C18H25NO5/c1-13(24-12-15-4-5-15)18(22)19-11-14-6-8-16(9-7-14)23-10-2-3-17(20)21/h6-9,13,15H,2-5,10-12H2,1H3,(H,19,22)(H,20,21)/t13-/m1/s1. The van der Waals surface area contributed by atoms with Gasteiger partial charge in [-0.05, 0) is 49.8 Å². The van der Waals surface area contributed by atoms with Crippen molar-refractivity contribution in [2.24, 2.45) is 5.92 Å². The second kappa shape index (κ2) is 9.27. The molecule has 6 heteroatoms. The molecule has 1 aromatic carbocycles. The number of ether oxygens (including phenoxy) is 2. The SMILES string of the molecule is C[C@@H](OCC1CC1)C(=O)NCc1ccc(OCCCC(=O)O)cc1. The molecule has 0 spiro atoms. The van der Waals surface area contributed by atoms with Crippen LogP contribution in [0.15, 0.2) is 24.3 Å². The number of amides is 1. The Morgan fingerprint density at radius 3 is 2.62 bits per heavy atom. The number of hydrogen-bond acceptors (Lipinski definition) is 4. The lowest BCUT2D eigenvalue weighted by molar-refractivity contribution is -0.137. The quantitative estimate of drug-likeness (QED) is 0.607. The molecule has 6 nitrogen and oxygen atoms in total. The average molecular weight is 335 g/mol. The molecule has 2 rings (SSSR count). The van der Waals surface area contributed by atoms with Crippen LogP contribution in [0.2, 0.25) is 0 Å². The summed E-state index contributed by atoms with van der Waals surface area (Å²) in [5.41, 5.74) is 0.968. The van der Waals surface area contributed by atoms with Crippen molar-refractivity contribution in [1.29, 1.82) is 0 Å². The third-order valence-electron chi connectivity index (χ3n) is 3.84. The van der Waals surface area contributed by atoms with Crippen LogP contribution in [0.1, 0.15) is 38.2 Å². The van der Waals surface area contributed by atoms with Gasteiger partial charge in [0.15, 0.2) is 0 Å². The fourth-order valence-corrected chi connectivity index (χ4v) is 2.09. The minimum absolute atomic E-state index is 0.102. The summed E-state index contributed by atoms with van der Waals surface area (Å²) >= 11 is 0. The highest BCUT2D eigenvalue weighted by Crippen LogP contribution is 2.29. The molecule has 0 unspecified atom stereocenters. The van der Waals surface area contributed by atoms with Crippen molar-refractivity contribution in [3.05, 3.63) is 29.8 Å². The minimum Gasteiger partial charge on any atom is -0.494 e. The van der Waals surface area contributed by atoms with E-state index in [2.05, 4.69) is 5.32 Å². The van der Waals surface area contributed by atoms with E-state index in [0.717, 1.165) is 5.56 Å². The Morgan fingerprint density at radius 1 is 1.29 bits per heavy atom. The van der Waals surface area contributed by atoms with Crippen molar-refractivity contribution in [2.45, 2.75) is 45.3 Å². The fourth-order valence-electron chi connectivity index (χ4n) is 2.09. The summed E-state index contributed by atoms with van der Waals surface area (Å²) in [5.74, 6) is 0.407. The first-order chi connectivity index (χ1) is 11.5. The third kappa shape index (κ3) is 7.00. The van der Waals surface area contributed by atoms with Crippen molar-refractivity contribution >= 4 is 11.9 Å². The molecule has 1 aliphatic rings. The van der Waals surface area contributed by atoms with Crippen LogP contribution in [0.25, 0.3) is 0 Å². The van der Waals surface area contributed by atoms with E-state index in [9.17, 15) is 9.59 Å². The molecule has 0 aliphatic heterocycles. The fraction of sp³-hybridized carbons (Fsp3) is 0.556. The molecular weight excluding hydrogens is 310 g/mol. The molecule has 0 aromatic heterocycles. The number of carboxylic acid groups (broad SMARTS) is 1. The molecular formula is C18H25NO5. The number of hydrogen-bond donors (Lipinski definition) is 2. The summed E-state index contributed by atoms with van der Waals surface area (Å²) in [5, 5.41) is 11.4. The van der Waals surface area contributed by atoms with E-state index in [4.69, 9.17) is 14.6 Å². The van der Waals surface area contributed by atoms with Gasteiger partial charge in [-0.3, -0.25) is 9.59 Å². The molecule has 0 saturated heterocycles. The predicted molar refractivity (Wildman–Crippen MR) is 88.8 cm³/mol. The van der Waals surface area contributed by atoms with Crippen LogP contribution in [0.5, 0.6) is 5.75 Å². The Kier molecular flexibility index (Phi) is 7.06. The van der Waals surface area contributed by atoms with Crippen molar-refractivity contribution in [2.75, 3.05) is 13.2 Å². The van der Waals surface area contributed by atoms with Gasteiger partial charge in [-0.1, -0.05) is 12.1 Å². The maximum atomic E-state index is 11.9. The number of nitrogens with one attached hydrogen (secondary N) is 1. The largest absolute Gasteiger partial charge is 0.494 e. The first-order valence-corrected chi connectivity index (χ1v) is 8.37. The second-order valence-corrected chi connectivity index (χ2v) is 6.13. The topological polar surface area (TPSA) is 84.9 Å². The van der Waals surface area contributed by atoms with Crippen molar-refractivity contribution < 1.29 is 24.2 Å². The summed E-state index contributed by atoms with van der Waals surface area (Å²) in [6.07, 6.45) is 2.57. The first-order valence-electron chi connectivity index (χ1n) is 8.37. The predicted octanol–water partition coefficient (Wildman–Crippen LogP) is 2.36. The molecule has 2 N–H and O–H groups in total. The molecule has 1 fully saturated rings. The Balaban J connectivity index is 1.65. The lowest BCUT2D eigenvalue weighted by Crippen LogP contribution is -2.34. The molecule has 1 aliphatic carbocycles. The van der Waals surface area contributed by atoms with Crippen molar-refractivity contribution in [3.8, 4) is 5.75 Å². The first kappa shape index (κ1) is 18.3. The molecule has 0 radical (unpaired) electrons. The Hall–Kier alpha value is -2.08. The van der Waals surface area contributed by atoms with Crippen molar-refractivity contribution in [1.82, 2.24) is 5.32 Å². The van der Waals surface area contributed by atoms with Crippen LogP contribution >= 0.6 is 0 Å². The van der Waals surface area contributed by atoms with E-state index in [1.807, 2.05) is 24.3 Å². The summed E-state index contributed by atoms with van der Waals surface area (Å²) in [4.78, 5) is 22.3. The highest BCUT2D eigenvalue weighted by molar-refractivity contribution is 5.80. The van der Waals surface area contributed by atoms with Crippen LogP contribution in [-0.4, -0.2) is 36.3 Å².